The lowest BCUT2D eigenvalue weighted by molar-refractivity contribution is 0.0694. The molecule has 1 aromatic carbocycles. The van der Waals surface area contributed by atoms with Crippen molar-refractivity contribution >= 4 is 17.6 Å². The van der Waals surface area contributed by atoms with Crippen molar-refractivity contribution in [3.05, 3.63) is 41.1 Å². The molecule has 1 N–H and O–H groups in total. The lowest BCUT2D eigenvalue weighted by Gasteiger charge is -2.07. The first kappa shape index (κ1) is 10.6. The topological polar surface area (TPSA) is 46.5 Å². The zero-order valence-corrected chi connectivity index (χ0v) is 8.28. The van der Waals surface area contributed by atoms with Crippen LogP contribution < -0.4 is 4.74 Å². The number of para-hydroxylation sites is 1. The molecule has 0 saturated heterocycles. The average Bonchev–Trinajstić information content (AvgIpc) is 2.18. The zero-order valence-electron chi connectivity index (χ0n) is 7.53. The molecule has 4 heteroatoms. The van der Waals surface area contributed by atoms with E-state index in [1.807, 2.05) is 0 Å². The molecule has 0 aliphatic rings. The van der Waals surface area contributed by atoms with Crippen LogP contribution in [0.25, 0.3) is 0 Å². The van der Waals surface area contributed by atoms with Crippen LogP contribution in [-0.4, -0.2) is 11.1 Å². The van der Waals surface area contributed by atoms with Crippen LogP contribution in [0.2, 0.25) is 0 Å². The first-order chi connectivity index (χ1) is 6.65. The molecule has 0 aliphatic carbocycles. The number of halogens is 1. The van der Waals surface area contributed by atoms with Crippen molar-refractivity contribution in [2.45, 2.75) is 6.92 Å². The number of carboxylic acids is 1. The molecule has 14 heavy (non-hydrogen) atoms. The third-order valence-corrected chi connectivity index (χ3v) is 1.85. The summed E-state index contributed by atoms with van der Waals surface area (Å²) < 4.78 is 5.20. The fourth-order valence-electron chi connectivity index (χ4n) is 0.928. The summed E-state index contributed by atoms with van der Waals surface area (Å²) in [7, 11) is 0. The Morgan fingerprint density at radius 1 is 1.50 bits per heavy atom. The van der Waals surface area contributed by atoms with Crippen LogP contribution in [-0.2, 0) is 0 Å². The lowest BCUT2D eigenvalue weighted by atomic mass is 10.2. The van der Waals surface area contributed by atoms with E-state index in [1.54, 1.807) is 25.1 Å². The van der Waals surface area contributed by atoms with Crippen LogP contribution in [0.1, 0.15) is 17.3 Å². The van der Waals surface area contributed by atoms with E-state index in [-0.39, 0.29) is 11.3 Å². The van der Waals surface area contributed by atoms with Gasteiger partial charge in [0.15, 0.2) is 0 Å². The van der Waals surface area contributed by atoms with E-state index < -0.39 is 5.97 Å². The molecule has 0 aromatic heterocycles. The second kappa shape index (κ2) is 4.67. The van der Waals surface area contributed by atoms with Crippen molar-refractivity contribution in [1.29, 1.82) is 0 Å². The van der Waals surface area contributed by atoms with Crippen LogP contribution in [0, 0.1) is 0 Å². The van der Waals surface area contributed by atoms with Crippen molar-refractivity contribution in [2.24, 2.45) is 0 Å². The molecule has 1 rings (SSSR count). The van der Waals surface area contributed by atoms with Gasteiger partial charge in [-0.05, 0) is 19.1 Å². The molecule has 74 valence electrons. The maximum atomic E-state index is 10.8. The Labute approximate surface area is 86.6 Å². The monoisotopic (exact) mass is 212 g/mol. The number of carboxylic acid groups (broad SMARTS) is 1. The normalized spacial score (nSPS) is 11.1. The molecule has 0 aliphatic heterocycles. The molecular weight excluding hydrogens is 204 g/mol. The zero-order chi connectivity index (χ0) is 10.6. The Kier molecular flexibility index (Phi) is 3.54. The summed E-state index contributed by atoms with van der Waals surface area (Å²) in [6.07, 6.45) is 0. The summed E-state index contributed by atoms with van der Waals surface area (Å²) in [6, 6.07) is 6.38. The van der Waals surface area contributed by atoms with E-state index in [2.05, 4.69) is 0 Å². The average molecular weight is 213 g/mol. The van der Waals surface area contributed by atoms with Crippen molar-refractivity contribution in [3.8, 4) is 5.75 Å². The van der Waals surface area contributed by atoms with Crippen molar-refractivity contribution in [2.75, 3.05) is 0 Å². The largest absolute Gasteiger partial charge is 0.478 e. The fraction of sp³-hybridized carbons (Fsp3) is 0.100. The maximum absolute atomic E-state index is 10.8. The van der Waals surface area contributed by atoms with E-state index in [0.29, 0.717) is 5.76 Å². The molecule has 0 amide bonds. The van der Waals surface area contributed by atoms with Crippen LogP contribution in [0.15, 0.2) is 35.6 Å². The standard InChI is InChI=1S/C10H9ClO3/c1-7(6-11)14-9-5-3-2-4-8(9)10(12)13/h2-6H,1H3,(H,12,13). The number of allylic oxidation sites excluding steroid dienone is 1. The lowest BCUT2D eigenvalue weighted by Crippen LogP contribution is -2.01. The van der Waals surface area contributed by atoms with Crippen LogP contribution in [0.5, 0.6) is 5.75 Å². The van der Waals surface area contributed by atoms with Gasteiger partial charge in [-0.3, -0.25) is 0 Å². The molecule has 0 bridgehead atoms. The first-order valence-corrected chi connectivity index (χ1v) is 4.36. The molecular formula is C10H9ClO3. The maximum Gasteiger partial charge on any atom is 0.339 e. The number of ether oxygens (including phenoxy) is 1. The Hall–Kier alpha value is -1.48. The smallest absolute Gasteiger partial charge is 0.339 e. The van der Waals surface area contributed by atoms with Crippen molar-refractivity contribution in [3.63, 3.8) is 0 Å². The second-order valence-electron chi connectivity index (χ2n) is 2.62. The minimum absolute atomic E-state index is 0.116. The number of aromatic carboxylic acids is 1. The molecule has 0 saturated carbocycles. The second-order valence-corrected chi connectivity index (χ2v) is 2.84. The van der Waals surface area contributed by atoms with Gasteiger partial charge in [-0.1, -0.05) is 23.7 Å². The highest BCUT2D eigenvalue weighted by Gasteiger charge is 2.10. The number of carbonyl (C=O) groups is 1. The summed E-state index contributed by atoms with van der Waals surface area (Å²) in [4.78, 5) is 10.8. The van der Waals surface area contributed by atoms with Crippen LogP contribution in [0.3, 0.4) is 0 Å². The van der Waals surface area contributed by atoms with Gasteiger partial charge in [0, 0.05) is 5.54 Å². The van der Waals surface area contributed by atoms with E-state index in [0.717, 1.165) is 0 Å². The van der Waals surface area contributed by atoms with Gasteiger partial charge in [0.05, 0.1) is 0 Å². The van der Waals surface area contributed by atoms with Crippen molar-refractivity contribution in [1.82, 2.24) is 0 Å². The highest BCUT2D eigenvalue weighted by atomic mass is 35.5. The summed E-state index contributed by atoms with van der Waals surface area (Å²) in [5.74, 6) is -0.294. The van der Waals surface area contributed by atoms with Gasteiger partial charge in [-0.15, -0.1) is 0 Å². The summed E-state index contributed by atoms with van der Waals surface area (Å²) in [5, 5.41) is 8.82. The van der Waals surface area contributed by atoms with E-state index in [4.69, 9.17) is 21.4 Å². The van der Waals surface area contributed by atoms with Crippen molar-refractivity contribution < 1.29 is 14.6 Å². The number of rotatable bonds is 3. The van der Waals surface area contributed by atoms with E-state index >= 15 is 0 Å². The SMILES string of the molecule is CC(=CCl)Oc1ccccc1C(=O)O. The highest BCUT2D eigenvalue weighted by molar-refractivity contribution is 6.25. The minimum Gasteiger partial charge on any atom is -0.478 e. The Balaban J connectivity index is 3.02. The molecule has 3 nitrogen and oxygen atoms in total. The van der Waals surface area contributed by atoms with E-state index in [9.17, 15) is 4.79 Å². The van der Waals surface area contributed by atoms with Gasteiger partial charge >= 0.3 is 5.97 Å². The molecule has 0 spiro atoms. The Morgan fingerprint density at radius 3 is 2.71 bits per heavy atom. The quantitative estimate of drug-likeness (QED) is 0.784. The third-order valence-electron chi connectivity index (χ3n) is 1.54. The molecule has 0 fully saturated rings. The van der Waals surface area contributed by atoms with Crippen LogP contribution >= 0.6 is 11.6 Å². The minimum atomic E-state index is -1.03. The summed E-state index contributed by atoms with van der Waals surface area (Å²) in [6.45, 7) is 1.64. The number of hydrogen-bond acceptors (Lipinski definition) is 2. The molecule has 1 aromatic rings. The van der Waals surface area contributed by atoms with Gasteiger partial charge in [-0.2, -0.15) is 0 Å². The number of hydrogen-bond donors (Lipinski definition) is 1. The van der Waals surface area contributed by atoms with E-state index in [1.165, 1.54) is 11.6 Å². The third kappa shape index (κ3) is 2.50. The molecule has 0 unspecified atom stereocenters. The predicted octanol–water partition coefficient (Wildman–Crippen LogP) is 2.86. The van der Waals surface area contributed by atoms with Crippen LogP contribution in [0.4, 0.5) is 0 Å². The first-order valence-electron chi connectivity index (χ1n) is 3.92. The fourth-order valence-corrected chi connectivity index (χ4v) is 0.973. The predicted molar refractivity (Wildman–Crippen MR) is 53.6 cm³/mol. The summed E-state index contributed by atoms with van der Waals surface area (Å²) in [5.41, 5.74) is 1.36. The highest BCUT2D eigenvalue weighted by Crippen LogP contribution is 2.20. The van der Waals surface area contributed by atoms with Gasteiger partial charge in [0.1, 0.15) is 17.1 Å². The van der Waals surface area contributed by atoms with Gasteiger partial charge in [-0.25, -0.2) is 4.79 Å². The van der Waals surface area contributed by atoms with Gasteiger partial charge in [0.2, 0.25) is 0 Å². The Bertz CT molecular complexity index is 371. The van der Waals surface area contributed by atoms with Gasteiger partial charge in [0.25, 0.3) is 0 Å². The molecule has 0 heterocycles. The Morgan fingerprint density at radius 2 is 2.14 bits per heavy atom. The molecule has 0 atom stereocenters. The molecule has 0 radical (unpaired) electrons. The number of benzene rings is 1. The summed E-state index contributed by atoms with van der Waals surface area (Å²) >= 11 is 5.40. The van der Waals surface area contributed by atoms with Gasteiger partial charge < -0.3 is 9.84 Å².